The third-order valence-corrected chi connectivity index (χ3v) is 4.64. The zero-order chi connectivity index (χ0) is 17.0. The first-order valence-corrected chi connectivity index (χ1v) is 8.93. The van der Waals surface area contributed by atoms with Crippen LogP contribution >= 0.6 is 0 Å². The van der Waals surface area contributed by atoms with E-state index >= 15 is 0 Å². The predicted octanol–water partition coefficient (Wildman–Crippen LogP) is 3.83. The summed E-state index contributed by atoms with van der Waals surface area (Å²) in [6.45, 7) is 0. The van der Waals surface area contributed by atoms with Crippen LogP contribution in [0.2, 0.25) is 0 Å². The number of nitrogens with one attached hydrogen (secondary N) is 1. The van der Waals surface area contributed by atoms with Gasteiger partial charge in [-0.25, -0.2) is 12.8 Å². The van der Waals surface area contributed by atoms with E-state index in [1.54, 1.807) is 12.1 Å². The van der Waals surface area contributed by atoms with E-state index in [4.69, 9.17) is 0 Å². The number of aromatic nitrogens is 1. The predicted molar refractivity (Wildman–Crippen MR) is 92.3 cm³/mol. The van der Waals surface area contributed by atoms with Gasteiger partial charge in [0.15, 0.2) is 0 Å². The molecule has 0 aliphatic carbocycles. The minimum Gasteiger partial charge on any atom is -0.282 e. The minimum absolute atomic E-state index is 0.228. The third kappa shape index (κ3) is 4.17. The van der Waals surface area contributed by atoms with E-state index in [-0.39, 0.29) is 5.75 Å². The second-order valence-electron chi connectivity index (χ2n) is 5.29. The summed E-state index contributed by atoms with van der Waals surface area (Å²) in [5.74, 6) is -0.627. The molecule has 24 heavy (non-hydrogen) atoms. The molecule has 4 nitrogen and oxygen atoms in total. The number of pyridine rings is 1. The molecule has 0 saturated heterocycles. The molecule has 1 N–H and O–H groups in total. The maximum absolute atomic E-state index is 12.9. The molecule has 0 aliphatic rings. The van der Waals surface area contributed by atoms with Gasteiger partial charge in [0.05, 0.1) is 23.3 Å². The van der Waals surface area contributed by atoms with Gasteiger partial charge in [0.25, 0.3) is 0 Å². The van der Waals surface area contributed by atoms with Gasteiger partial charge in [-0.15, -0.1) is 0 Å². The highest BCUT2D eigenvalue weighted by atomic mass is 32.2. The number of benzene rings is 2. The Balaban J connectivity index is 1.72. The highest BCUT2D eigenvalue weighted by Crippen LogP contribution is 2.19. The molecule has 6 heteroatoms. The second-order valence-corrected chi connectivity index (χ2v) is 7.01. The lowest BCUT2D eigenvalue weighted by Gasteiger charge is -2.08. The summed E-state index contributed by atoms with van der Waals surface area (Å²) in [5, 5.41) is 0. The Labute approximate surface area is 140 Å². The van der Waals surface area contributed by atoms with Crippen molar-refractivity contribution in [1.29, 1.82) is 0 Å². The summed E-state index contributed by atoms with van der Waals surface area (Å²) < 4.78 is 39.7. The first kappa shape index (κ1) is 16.1. The first-order valence-electron chi connectivity index (χ1n) is 7.28. The van der Waals surface area contributed by atoms with Crippen LogP contribution in [0.5, 0.6) is 0 Å². The first-order chi connectivity index (χ1) is 11.5. The fraction of sp³-hybridized carbons (Fsp3) is 0.0556. The average molecular weight is 342 g/mol. The lowest BCUT2D eigenvalue weighted by molar-refractivity contribution is 0.600. The summed E-state index contributed by atoms with van der Waals surface area (Å²) in [4.78, 5) is 4.28. The normalized spacial score (nSPS) is 11.2. The van der Waals surface area contributed by atoms with Crippen LogP contribution in [0.3, 0.4) is 0 Å². The molecular weight excluding hydrogens is 327 g/mol. The Morgan fingerprint density at radius 2 is 1.62 bits per heavy atom. The van der Waals surface area contributed by atoms with Gasteiger partial charge >= 0.3 is 0 Å². The van der Waals surface area contributed by atoms with Crippen LogP contribution in [0.15, 0.2) is 72.9 Å². The van der Waals surface area contributed by atoms with Gasteiger partial charge in [0, 0.05) is 5.56 Å². The standard InChI is InChI=1S/C18H15FN2O2S/c19-16-8-6-14(7-9-16)13-24(22,23)21-17-10-11-18(20-12-17)15-4-2-1-3-5-15/h1-12,21H,13H2. The number of hydrogen-bond acceptors (Lipinski definition) is 3. The molecule has 1 heterocycles. The number of anilines is 1. The topological polar surface area (TPSA) is 59.1 Å². The molecule has 0 bridgehead atoms. The summed E-state index contributed by atoms with van der Waals surface area (Å²) in [5.41, 5.74) is 2.62. The summed E-state index contributed by atoms with van der Waals surface area (Å²) >= 11 is 0. The van der Waals surface area contributed by atoms with Crippen LogP contribution in [-0.4, -0.2) is 13.4 Å². The number of nitrogens with zero attached hydrogens (tertiary/aromatic N) is 1. The zero-order valence-electron chi connectivity index (χ0n) is 12.7. The summed E-state index contributed by atoms with van der Waals surface area (Å²) in [6, 6.07) is 18.4. The Kier molecular flexibility index (Phi) is 4.57. The van der Waals surface area contributed by atoms with Gasteiger partial charge in [-0.2, -0.15) is 0 Å². The van der Waals surface area contributed by atoms with E-state index in [2.05, 4.69) is 9.71 Å². The average Bonchev–Trinajstić information content (AvgIpc) is 2.58. The molecule has 0 atom stereocenters. The van der Waals surface area contributed by atoms with Gasteiger partial charge in [-0.1, -0.05) is 42.5 Å². The van der Waals surface area contributed by atoms with E-state index in [1.165, 1.54) is 30.5 Å². The van der Waals surface area contributed by atoms with Crippen molar-refractivity contribution >= 4 is 15.7 Å². The van der Waals surface area contributed by atoms with Crippen LogP contribution in [-0.2, 0) is 15.8 Å². The van der Waals surface area contributed by atoms with E-state index in [1.807, 2.05) is 30.3 Å². The van der Waals surface area contributed by atoms with Gasteiger partial charge in [-0.05, 0) is 29.8 Å². The molecule has 3 aromatic rings. The van der Waals surface area contributed by atoms with E-state index in [0.29, 0.717) is 11.3 Å². The number of rotatable bonds is 5. The van der Waals surface area contributed by atoms with Crippen molar-refractivity contribution < 1.29 is 12.8 Å². The maximum Gasteiger partial charge on any atom is 0.236 e. The van der Waals surface area contributed by atoms with Crippen molar-refractivity contribution in [1.82, 2.24) is 4.98 Å². The molecule has 122 valence electrons. The van der Waals surface area contributed by atoms with Crippen LogP contribution in [0.4, 0.5) is 10.1 Å². The molecule has 0 amide bonds. The highest BCUT2D eigenvalue weighted by Gasteiger charge is 2.12. The molecule has 1 aromatic heterocycles. The van der Waals surface area contributed by atoms with Crippen LogP contribution in [0, 0.1) is 5.82 Å². The molecule has 0 saturated carbocycles. The van der Waals surface area contributed by atoms with Crippen molar-refractivity contribution in [3.63, 3.8) is 0 Å². The van der Waals surface area contributed by atoms with E-state index in [9.17, 15) is 12.8 Å². The molecule has 0 aliphatic heterocycles. The SMILES string of the molecule is O=S(=O)(Cc1ccc(F)cc1)Nc1ccc(-c2ccccc2)nc1. The molecule has 0 radical (unpaired) electrons. The zero-order valence-corrected chi connectivity index (χ0v) is 13.5. The largest absolute Gasteiger partial charge is 0.282 e. The van der Waals surface area contributed by atoms with Crippen molar-refractivity contribution in [2.24, 2.45) is 0 Å². The fourth-order valence-corrected chi connectivity index (χ4v) is 3.43. The Hall–Kier alpha value is -2.73. The lowest BCUT2D eigenvalue weighted by Crippen LogP contribution is -2.15. The fourth-order valence-electron chi connectivity index (χ4n) is 2.25. The van der Waals surface area contributed by atoms with Crippen molar-refractivity contribution in [2.75, 3.05) is 4.72 Å². The van der Waals surface area contributed by atoms with E-state index < -0.39 is 15.8 Å². The number of sulfonamides is 1. The quantitative estimate of drug-likeness (QED) is 0.766. The maximum atomic E-state index is 12.9. The number of halogens is 1. The van der Waals surface area contributed by atoms with Gasteiger partial charge in [0.1, 0.15) is 5.82 Å². The van der Waals surface area contributed by atoms with Crippen molar-refractivity contribution in [2.45, 2.75) is 5.75 Å². The Morgan fingerprint density at radius 1 is 0.917 bits per heavy atom. The smallest absolute Gasteiger partial charge is 0.236 e. The minimum atomic E-state index is -3.59. The molecule has 0 fully saturated rings. The Morgan fingerprint density at radius 3 is 2.25 bits per heavy atom. The molecule has 0 spiro atoms. The van der Waals surface area contributed by atoms with Gasteiger partial charge in [0.2, 0.25) is 10.0 Å². The van der Waals surface area contributed by atoms with Crippen LogP contribution < -0.4 is 4.72 Å². The molecule has 3 rings (SSSR count). The highest BCUT2D eigenvalue weighted by molar-refractivity contribution is 7.91. The van der Waals surface area contributed by atoms with Crippen molar-refractivity contribution in [3.05, 3.63) is 84.3 Å². The van der Waals surface area contributed by atoms with Gasteiger partial charge < -0.3 is 0 Å². The summed E-state index contributed by atoms with van der Waals surface area (Å²) in [6.07, 6.45) is 1.48. The summed E-state index contributed by atoms with van der Waals surface area (Å²) in [7, 11) is -3.59. The lowest BCUT2D eigenvalue weighted by atomic mass is 10.1. The molecule has 0 unspecified atom stereocenters. The van der Waals surface area contributed by atoms with Crippen LogP contribution in [0.1, 0.15) is 5.56 Å². The second kappa shape index (κ2) is 6.80. The molecule has 2 aromatic carbocycles. The number of hydrogen-bond donors (Lipinski definition) is 1. The van der Waals surface area contributed by atoms with Crippen LogP contribution in [0.25, 0.3) is 11.3 Å². The monoisotopic (exact) mass is 342 g/mol. The van der Waals surface area contributed by atoms with E-state index in [0.717, 1.165) is 11.3 Å². The Bertz CT molecular complexity index is 909. The van der Waals surface area contributed by atoms with Gasteiger partial charge in [-0.3, -0.25) is 9.71 Å². The third-order valence-electron chi connectivity index (χ3n) is 3.38. The van der Waals surface area contributed by atoms with Crippen molar-refractivity contribution in [3.8, 4) is 11.3 Å². The molecular formula is C18H15FN2O2S.